The van der Waals surface area contributed by atoms with Gasteiger partial charge in [-0.15, -0.1) is 0 Å². The normalized spacial score (nSPS) is 12.0. The first-order valence-electron chi connectivity index (χ1n) is 7.97. The van der Waals surface area contributed by atoms with Gasteiger partial charge in [0.05, 0.1) is 11.5 Å². The van der Waals surface area contributed by atoms with Crippen LogP contribution in [0.3, 0.4) is 0 Å². The van der Waals surface area contributed by atoms with Crippen molar-refractivity contribution in [1.29, 1.82) is 0 Å². The molecule has 9 nitrogen and oxygen atoms in total. The summed E-state index contributed by atoms with van der Waals surface area (Å²) in [5.74, 6) is 0.242. The van der Waals surface area contributed by atoms with E-state index in [4.69, 9.17) is 9.47 Å². The van der Waals surface area contributed by atoms with Crippen molar-refractivity contribution in [3.8, 4) is 11.6 Å². The number of anilines is 1. The number of nitrogens with zero attached hydrogens (tertiary/aromatic N) is 4. The second-order valence-corrected chi connectivity index (χ2v) is 6.54. The smallest absolute Gasteiger partial charge is 0.373 e. The van der Waals surface area contributed by atoms with Gasteiger partial charge < -0.3 is 14.8 Å². The quantitative estimate of drug-likeness (QED) is 0.440. The molecule has 0 aliphatic rings. The predicted octanol–water partition coefficient (Wildman–Crippen LogP) is 3.93. The molecule has 2 aromatic heterocycles. The Balaban J connectivity index is 2.03. The number of methoxy groups -OCH3 is 1. The number of hydrogen-bond acceptors (Lipinski definition) is 8. The van der Waals surface area contributed by atoms with Gasteiger partial charge >= 0.3 is 11.6 Å². The predicted molar refractivity (Wildman–Crippen MR) is 103 cm³/mol. The average molecular weight is 434 g/mol. The summed E-state index contributed by atoms with van der Waals surface area (Å²) in [5, 5.41) is 15.4. The number of benzene rings is 1. The van der Waals surface area contributed by atoms with Crippen LogP contribution in [0.4, 0.5) is 11.5 Å². The summed E-state index contributed by atoms with van der Waals surface area (Å²) >= 11 is 3.46. The van der Waals surface area contributed by atoms with Crippen molar-refractivity contribution in [2.75, 3.05) is 19.0 Å². The summed E-state index contributed by atoms with van der Waals surface area (Å²) in [6.07, 6.45) is 2.83. The SMILES string of the molecule is COCC(C)Nc1ncnc(Oc2ccc(Br)c3cccnc23)c1[N+](=O)[O-]. The molecule has 0 amide bonds. The zero-order chi connectivity index (χ0) is 19.4. The van der Waals surface area contributed by atoms with E-state index in [-0.39, 0.29) is 23.4 Å². The van der Waals surface area contributed by atoms with Crippen molar-refractivity contribution >= 4 is 38.3 Å². The Hall–Kier alpha value is -2.85. The van der Waals surface area contributed by atoms with Crippen LogP contribution in [0, 0.1) is 10.1 Å². The van der Waals surface area contributed by atoms with Gasteiger partial charge in [-0.05, 0) is 25.1 Å². The molecule has 0 aliphatic heterocycles. The van der Waals surface area contributed by atoms with E-state index < -0.39 is 4.92 Å². The molecule has 1 atom stereocenters. The van der Waals surface area contributed by atoms with Gasteiger partial charge in [-0.3, -0.25) is 15.1 Å². The van der Waals surface area contributed by atoms with E-state index in [1.165, 1.54) is 6.33 Å². The number of rotatable bonds is 7. The molecule has 2 heterocycles. The van der Waals surface area contributed by atoms with E-state index in [0.29, 0.717) is 17.9 Å². The summed E-state index contributed by atoms with van der Waals surface area (Å²) in [4.78, 5) is 23.3. The van der Waals surface area contributed by atoms with E-state index in [2.05, 4.69) is 36.2 Å². The highest BCUT2D eigenvalue weighted by molar-refractivity contribution is 9.10. The number of fused-ring (bicyclic) bond motifs is 1. The minimum absolute atomic E-state index is 0.0592. The summed E-state index contributed by atoms with van der Waals surface area (Å²) < 4.78 is 11.7. The van der Waals surface area contributed by atoms with Crippen molar-refractivity contribution in [2.45, 2.75) is 13.0 Å². The standard InChI is InChI=1S/C17H16BrN5O4/c1-10(8-26-2)22-16-15(23(24)25)17(21-9-20-16)27-13-6-5-12(18)11-4-3-7-19-14(11)13/h3-7,9-10H,8H2,1-2H3,(H,20,21,22). The van der Waals surface area contributed by atoms with Crippen molar-refractivity contribution in [1.82, 2.24) is 15.0 Å². The van der Waals surface area contributed by atoms with Crippen LogP contribution in [0.15, 0.2) is 41.3 Å². The third kappa shape index (κ3) is 4.12. The maximum absolute atomic E-state index is 11.6. The lowest BCUT2D eigenvalue weighted by Gasteiger charge is -2.14. The highest BCUT2D eigenvalue weighted by Crippen LogP contribution is 2.37. The lowest BCUT2D eigenvalue weighted by molar-refractivity contribution is -0.385. The molecule has 140 valence electrons. The Morgan fingerprint density at radius 1 is 1.30 bits per heavy atom. The fraction of sp³-hybridized carbons (Fsp3) is 0.235. The van der Waals surface area contributed by atoms with Crippen LogP contribution in [0.25, 0.3) is 10.9 Å². The molecule has 1 aromatic carbocycles. The second-order valence-electron chi connectivity index (χ2n) is 5.68. The molecule has 3 aromatic rings. The number of aromatic nitrogens is 3. The Kier molecular flexibility index (Phi) is 5.77. The molecule has 0 saturated heterocycles. The first-order chi connectivity index (χ1) is 13.0. The third-order valence-electron chi connectivity index (χ3n) is 3.66. The van der Waals surface area contributed by atoms with Gasteiger partial charge in [-0.1, -0.05) is 22.0 Å². The van der Waals surface area contributed by atoms with Crippen LogP contribution in [-0.2, 0) is 4.74 Å². The maximum atomic E-state index is 11.6. The van der Waals surface area contributed by atoms with Crippen LogP contribution in [0.5, 0.6) is 11.6 Å². The van der Waals surface area contributed by atoms with Crippen molar-refractivity contribution in [2.24, 2.45) is 0 Å². The van der Waals surface area contributed by atoms with Gasteiger partial charge in [0.1, 0.15) is 11.8 Å². The minimum atomic E-state index is -0.578. The molecule has 3 rings (SSSR count). The number of hydrogen-bond donors (Lipinski definition) is 1. The van der Waals surface area contributed by atoms with E-state index >= 15 is 0 Å². The molecule has 27 heavy (non-hydrogen) atoms. The van der Waals surface area contributed by atoms with Crippen molar-refractivity contribution in [3.63, 3.8) is 0 Å². The summed E-state index contributed by atoms with van der Waals surface area (Å²) in [6, 6.07) is 6.93. The summed E-state index contributed by atoms with van der Waals surface area (Å²) in [5.41, 5.74) is 0.203. The van der Waals surface area contributed by atoms with Crippen LogP contribution in [0.1, 0.15) is 6.92 Å². The van der Waals surface area contributed by atoms with Gasteiger partial charge in [0.15, 0.2) is 5.75 Å². The monoisotopic (exact) mass is 433 g/mol. The topological polar surface area (TPSA) is 112 Å². The molecule has 1 unspecified atom stereocenters. The minimum Gasteiger partial charge on any atom is -0.431 e. The van der Waals surface area contributed by atoms with Crippen LogP contribution in [0.2, 0.25) is 0 Å². The van der Waals surface area contributed by atoms with Crippen molar-refractivity contribution in [3.05, 3.63) is 51.4 Å². The highest BCUT2D eigenvalue weighted by atomic mass is 79.9. The first kappa shape index (κ1) is 18.9. The lowest BCUT2D eigenvalue weighted by atomic mass is 10.2. The highest BCUT2D eigenvalue weighted by Gasteiger charge is 2.26. The van der Waals surface area contributed by atoms with Gasteiger partial charge in [0.2, 0.25) is 5.82 Å². The van der Waals surface area contributed by atoms with E-state index in [1.807, 2.05) is 13.0 Å². The van der Waals surface area contributed by atoms with Crippen LogP contribution < -0.4 is 10.1 Å². The van der Waals surface area contributed by atoms with E-state index in [1.54, 1.807) is 31.5 Å². The second kappa shape index (κ2) is 8.23. The Labute approximate surface area is 163 Å². The lowest BCUT2D eigenvalue weighted by Crippen LogP contribution is -2.22. The first-order valence-corrected chi connectivity index (χ1v) is 8.76. The summed E-state index contributed by atoms with van der Waals surface area (Å²) in [7, 11) is 1.55. The number of pyridine rings is 1. The van der Waals surface area contributed by atoms with Gasteiger partial charge in [-0.25, -0.2) is 4.98 Å². The zero-order valence-electron chi connectivity index (χ0n) is 14.5. The molecule has 0 saturated carbocycles. The summed E-state index contributed by atoms with van der Waals surface area (Å²) in [6.45, 7) is 2.18. The fourth-order valence-corrected chi connectivity index (χ4v) is 2.98. The molecule has 0 spiro atoms. The molecule has 0 bridgehead atoms. The molecular weight excluding hydrogens is 418 g/mol. The third-order valence-corrected chi connectivity index (χ3v) is 4.35. The van der Waals surface area contributed by atoms with E-state index in [0.717, 1.165) is 9.86 Å². The fourth-order valence-electron chi connectivity index (χ4n) is 2.53. The molecule has 0 radical (unpaired) electrons. The molecule has 0 aliphatic carbocycles. The molecular formula is C17H16BrN5O4. The number of nitro groups is 1. The average Bonchev–Trinajstić information content (AvgIpc) is 2.64. The van der Waals surface area contributed by atoms with E-state index in [9.17, 15) is 10.1 Å². The number of nitrogens with one attached hydrogen (secondary N) is 1. The molecule has 1 N–H and O–H groups in total. The van der Waals surface area contributed by atoms with Gasteiger partial charge in [0.25, 0.3) is 0 Å². The van der Waals surface area contributed by atoms with Gasteiger partial charge in [0, 0.05) is 29.2 Å². The molecule has 10 heteroatoms. The van der Waals surface area contributed by atoms with Crippen LogP contribution in [-0.4, -0.2) is 39.6 Å². The Bertz CT molecular complexity index is 985. The molecule has 0 fully saturated rings. The van der Waals surface area contributed by atoms with Crippen molar-refractivity contribution < 1.29 is 14.4 Å². The largest absolute Gasteiger partial charge is 0.431 e. The Morgan fingerprint density at radius 3 is 2.85 bits per heavy atom. The number of ether oxygens (including phenoxy) is 2. The van der Waals surface area contributed by atoms with Gasteiger partial charge in [-0.2, -0.15) is 4.98 Å². The zero-order valence-corrected chi connectivity index (χ0v) is 16.1. The number of halogens is 1. The van der Waals surface area contributed by atoms with Crippen LogP contribution >= 0.6 is 15.9 Å². The maximum Gasteiger partial charge on any atom is 0.373 e. The Morgan fingerprint density at radius 2 is 2.11 bits per heavy atom.